The number of morpholine rings is 1. The summed E-state index contributed by atoms with van der Waals surface area (Å²) in [5, 5.41) is 13.1. The Bertz CT molecular complexity index is 1200. The van der Waals surface area contributed by atoms with Crippen LogP contribution >= 0.6 is 0 Å². The summed E-state index contributed by atoms with van der Waals surface area (Å²) < 4.78 is 19.4. The van der Waals surface area contributed by atoms with Crippen molar-refractivity contribution in [2.24, 2.45) is 4.99 Å². The fraction of sp³-hybridized carbons (Fsp3) is 0.261. The van der Waals surface area contributed by atoms with Crippen LogP contribution in [0.15, 0.2) is 47.7 Å². The number of anilines is 4. The van der Waals surface area contributed by atoms with Gasteiger partial charge in [0.05, 0.1) is 37.5 Å². The second-order valence-electron chi connectivity index (χ2n) is 7.75. The van der Waals surface area contributed by atoms with E-state index >= 15 is 0 Å². The lowest BCUT2D eigenvalue weighted by Crippen LogP contribution is -2.37. The Hall–Kier alpha value is -4.12. The molecule has 2 aromatic heterocycles. The van der Waals surface area contributed by atoms with Crippen molar-refractivity contribution in [1.29, 1.82) is 0 Å². The van der Waals surface area contributed by atoms with Crippen LogP contribution in [0.3, 0.4) is 0 Å². The first-order valence-electron chi connectivity index (χ1n) is 10.6. The topological polar surface area (TPSA) is 116 Å². The van der Waals surface area contributed by atoms with Crippen LogP contribution in [-0.2, 0) is 4.74 Å². The van der Waals surface area contributed by atoms with Crippen LogP contribution in [0.1, 0.15) is 10.5 Å². The Kier molecular flexibility index (Phi) is 6.93. The maximum absolute atomic E-state index is 14.1. The molecule has 176 valence electrons. The molecule has 1 saturated heterocycles. The van der Waals surface area contributed by atoms with Crippen molar-refractivity contribution < 1.29 is 19.0 Å². The number of aromatic nitrogens is 3. The summed E-state index contributed by atoms with van der Waals surface area (Å²) >= 11 is 0. The predicted molar refractivity (Wildman–Crippen MR) is 127 cm³/mol. The average Bonchev–Trinajstić information content (AvgIpc) is 2.84. The molecule has 1 aliphatic heterocycles. The van der Waals surface area contributed by atoms with E-state index in [4.69, 9.17) is 4.74 Å². The first-order chi connectivity index (χ1) is 16.4. The molecule has 2 N–H and O–H groups in total. The minimum absolute atomic E-state index is 0.0184. The zero-order valence-corrected chi connectivity index (χ0v) is 18.8. The number of carbonyl (C=O) groups is 1. The highest BCUT2D eigenvalue weighted by Crippen LogP contribution is 2.27. The first-order valence-corrected chi connectivity index (χ1v) is 10.6. The number of hydrogen-bond donors (Lipinski definition) is 2. The van der Waals surface area contributed by atoms with Crippen molar-refractivity contribution >= 4 is 40.8 Å². The van der Waals surface area contributed by atoms with E-state index in [9.17, 15) is 14.3 Å². The fourth-order valence-electron chi connectivity index (χ4n) is 3.30. The van der Waals surface area contributed by atoms with Gasteiger partial charge in [0.15, 0.2) is 11.6 Å². The van der Waals surface area contributed by atoms with Crippen molar-refractivity contribution in [3.8, 4) is 5.75 Å². The van der Waals surface area contributed by atoms with E-state index in [1.54, 1.807) is 29.2 Å². The number of hydrogen-bond acceptors (Lipinski definition) is 10. The SMILES string of the molecule is CN(C)c1cc(O)cc(Nc2ccc(C(=O)/C=N/c3ncc(F)c(N4CCOCC4)n3)nc2)c1. The largest absolute Gasteiger partial charge is 0.508 e. The number of pyridine rings is 1. The number of ketones is 1. The normalized spacial score (nSPS) is 13.8. The van der Waals surface area contributed by atoms with Gasteiger partial charge in [-0.1, -0.05) is 0 Å². The average molecular weight is 465 g/mol. The van der Waals surface area contributed by atoms with Crippen molar-refractivity contribution in [3.05, 3.63) is 54.2 Å². The smallest absolute Gasteiger partial charge is 0.251 e. The number of rotatable bonds is 7. The zero-order chi connectivity index (χ0) is 24.1. The van der Waals surface area contributed by atoms with E-state index in [0.717, 1.165) is 18.1 Å². The van der Waals surface area contributed by atoms with E-state index in [1.165, 1.54) is 6.20 Å². The Morgan fingerprint density at radius 3 is 2.68 bits per heavy atom. The molecule has 0 radical (unpaired) electrons. The highest BCUT2D eigenvalue weighted by Gasteiger charge is 2.17. The number of ether oxygens (including phenoxy) is 1. The van der Waals surface area contributed by atoms with Gasteiger partial charge in [0.2, 0.25) is 5.78 Å². The van der Waals surface area contributed by atoms with Crippen molar-refractivity contribution in [2.45, 2.75) is 0 Å². The highest BCUT2D eigenvalue weighted by atomic mass is 19.1. The third kappa shape index (κ3) is 5.62. The van der Waals surface area contributed by atoms with Crippen molar-refractivity contribution in [3.63, 3.8) is 0 Å². The van der Waals surface area contributed by atoms with Gasteiger partial charge < -0.3 is 25.0 Å². The maximum Gasteiger partial charge on any atom is 0.251 e. The van der Waals surface area contributed by atoms with Crippen LogP contribution in [0.2, 0.25) is 0 Å². The molecule has 0 aliphatic carbocycles. The van der Waals surface area contributed by atoms with Crippen LogP contribution in [0.4, 0.5) is 33.2 Å². The van der Waals surface area contributed by atoms with Gasteiger partial charge in [0.1, 0.15) is 11.4 Å². The number of nitrogens with one attached hydrogen (secondary N) is 1. The molecule has 10 nitrogen and oxygen atoms in total. The quantitative estimate of drug-likeness (QED) is 0.401. The number of phenolic OH excluding ortho intramolecular Hbond substituents is 1. The molecule has 1 aliphatic rings. The zero-order valence-electron chi connectivity index (χ0n) is 18.8. The van der Waals surface area contributed by atoms with E-state index in [2.05, 4.69) is 25.3 Å². The number of aromatic hydroxyl groups is 1. The number of halogens is 1. The predicted octanol–water partition coefficient (Wildman–Crippen LogP) is 2.95. The molecular weight excluding hydrogens is 441 g/mol. The fourth-order valence-corrected chi connectivity index (χ4v) is 3.30. The molecule has 4 rings (SSSR count). The summed E-state index contributed by atoms with van der Waals surface area (Å²) in [5.41, 5.74) is 2.32. The Labute approximate surface area is 195 Å². The summed E-state index contributed by atoms with van der Waals surface area (Å²) in [4.78, 5) is 32.2. The van der Waals surface area contributed by atoms with Gasteiger partial charge in [-0.3, -0.25) is 9.78 Å². The summed E-state index contributed by atoms with van der Waals surface area (Å²) in [7, 11) is 3.75. The van der Waals surface area contributed by atoms with E-state index in [1.807, 2.05) is 25.1 Å². The summed E-state index contributed by atoms with van der Waals surface area (Å²) in [6.07, 6.45) is 3.60. The molecule has 0 spiro atoms. The molecule has 3 heterocycles. The Morgan fingerprint density at radius 1 is 1.18 bits per heavy atom. The minimum atomic E-state index is -0.554. The van der Waals surface area contributed by atoms with Crippen LogP contribution < -0.4 is 15.1 Å². The van der Waals surface area contributed by atoms with Gasteiger partial charge >= 0.3 is 0 Å². The molecule has 11 heteroatoms. The summed E-state index contributed by atoms with van der Waals surface area (Å²) in [6.45, 7) is 2.00. The summed E-state index contributed by atoms with van der Waals surface area (Å²) in [6, 6.07) is 8.36. The molecule has 1 fully saturated rings. The number of nitrogens with zero attached hydrogens (tertiary/aromatic N) is 6. The molecule has 34 heavy (non-hydrogen) atoms. The monoisotopic (exact) mass is 465 g/mol. The van der Waals surface area contributed by atoms with Gasteiger partial charge in [-0.05, 0) is 18.2 Å². The lowest BCUT2D eigenvalue weighted by Gasteiger charge is -2.27. The number of Topliss-reactive ketones (excluding diaryl/α,β-unsaturated/α-hetero) is 1. The van der Waals surface area contributed by atoms with Gasteiger partial charge in [0, 0.05) is 50.7 Å². The Balaban J connectivity index is 1.43. The van der Waals surface area contributed by atoms with E-state index in [0.29, 0.717) is 37.7 Å². The first kappa shape index (κ1) is 23.1. The minimum Gasteiger partial charge on any atom is -0.508 e. The van der Waals surface area contributed by atoms with Gasteiger partial charge in [-0.25, -0.2) is 14.4 Å². The van der Waals surface area contributed by atoms with Gasteiger partial charge in [-0.2, -0.15) is 4.98 Å². The van der Waals surface area contributed by atoms with Crippen LogP contribution in [0.5, 0.6) is 5.75 Å². The number of benzene rings is 1. The molecular formula is C23H24FN7O3. The van der Waals surface area contributed by atoms with Gasteiger partial charge in [0.25, 0.3) is 5.95 Å². The van der Waals surface area contributed by atoms with Crippen molar-refractivity contribution in [2.75, 3.05) is 55.5 Å². The van der Waals surface area contributed by atoms with Crippen LogP contribution in [0, 0.1) is 5.82 Å². The standard InChI is InChI=1S/C23H24FN7O3/c1-30(2)17-9-16(10-18(32)11-17)28-15-3-4-20(25-12-15)21(33)14-27-23-26-13-19(24)22(29-23)31-5-7-34-8-6-31/h3-4,9-14,28,32H,5-8H2,1-2H3/b27-14+. The van der Waals surface area contributed by atoms with Crippen LogP contribution in [0.25, 0.3) is 0 Å². The molecule has 1 aromatic carbocycles. The molecule has 0 amide bonds. The summed E-state index contributed by atoms with van der Waals surface area (Å²) in [5.74, 6) is -0.753. The molecule has 0 saturated carbocycles. The van der Waals surface area contributed by atoms with Gasteiger partial charge in [-0.15, -0.1) is 0 Å². The molecule has 0 atom stereocenters. The number of carbonyl (C=O) groups excluding carboxylic acids is 1. The maximum atomic E-state index is 14.1. The molecule has 3 aromatic rings. The number of phenols is 1. The van der Waals surface area contributed by atoms with E-state index < -0.39 is 11.6 Å². The molecule has 0 bridgehead atoms. The van der Waals surface area contributed by atoms with Crippen LogP contribution in [-0.4, -0.2) is 72.5 Å². The van der Waals surface area contributed by atoms with E-state index in [-0.39, 0.29) is 23.2 Å². The Morgan fingerprint density at radius 2 is 1.97 bits per heavy atom. The lowest BCUT2D eigenvalue weighted by atomic mass is 10.2. The lowest BCUT2D eigenvalue weighted by molar-refractivity contribution is 0.106. The third-order valence-electron chi connectivity index (χ3n) is 5.04. The second kappa shape index (κ2) is 10.2. The number of aliphatic imine (C=N–C) groups is 1. The second-order valence-corrected chi connectivity index (χ2v) is 7.75. The molecule has 0 unspecified atom stereocenters. The highest BCUT2D eigenvalue weighted by molar-refractivity contribution is 6.35. The third-order valence-corrected chi connectivity index (χ3v) is 5.04. The van der Waals surface area contributed by atoms with Crippen molar-refractivity contribution in [1.82, 2.24) is 15.0 Å².